The summed E-state index contributed by atoms with van der Waals surface area (Å²) in [6, 6.07) is 7.17. The Morgan fingerprint density at radius 1 is 1.33 bits per heavy atom. The molecular weight excluding hydrogens is 368 g/mol. The van der Waals surface area contributed by atoms with Crippen LogP contribution in [0, 0.1) is 0 Å². The average molecular weight is 391 g/mol. The molecule has 0 saturated carbocycles. The van der Waals surface area contributed by atoms with Gasteiger partial charge in [-0.3, -0.25) is 4.79 Å². The first-order valence-corrected chi connectivity index (χ1v) is 9.33. The van der Waals surface area contributed by atoms with Crippen LogP contribution in [0.4, 0.5) is 10.6 Å². The first kappa shape index (κ1) is 19.2. The minimum Gasteiger partial charge on any atom is -0.465 e. The molecule has 1 aromatic carbocycles. The molecule has 1 atom stereocenters. The third-order valence-corrected chi connectivity index (χ3v) is 5.22. The van der Waals surface area contributed by atoms with E-state index in [-0.39, 0.29) is 11.9 Å². The van der Waals surface area contributed by atoms with E-state index in [0.717, 1.165) is 23.8 Å². The monoisotopic (exact) mass is 390 g/mol. The molecule has 1 unspecified atom stereocenters. The minimum atomic E-state index is -1.09. The van der Waals surface area contributed by atoms with Gasteiger partial charge in [-0.15, -0.1) is 0 Å². The summed E-state index contributed by atoms with van der Waals surface area (Å²) in [5.74, 6) is 0.710. The van der Waals surface area contributed by atoms with Gasteiger partial charge in [0, 0.05) is 37.0 Å². The van der Waals surface area contributed by atoms with Crippen molar-refractivity contribution in [3.63, 3.8) is 0 Å². The predicted octanol–water partition coefficient (Wildman–Crippen LogP) is 3.64. The molecule has 1 aliphatic rings. The Morgan fingerprint density at radius 2 is 2.04 bits per heavy atom. The zero-order chi connectivity index (χ0) is 19.6. The molecule has 2 amide bonds. The number of fused-ring (bicyclic) bond motifs is 1. The summed E-state index contributed by atoms with van der Waals surface area (Å²) in [5, 5.41) is 16.4. The van der Waals surface area contributed by atoms with Gasteiger partial charge < -0.3 is 20.6 Å². The van der Waals surface area contributed by atoms with Gasteiger partial charge in [0.2, 0.25) is 5.91 Å². The molecule has 0 spiro atoms. The van der Waals surface area contributed by atoms with Gasteiger partial charge in [0.05, 0.1) is 16.6 Å². The molecule has 0 bridgehead atoms. The van der Waals surface area contributed by atoms with E-state index < -0.39 is 12.1 Å². The van der Waals surface area contributed by atoms with Gasteiger partial charge in [-0.05, 0) is 31.9 Å². The van der Waals surface area contributed by atoms with Gasteiger partial charge >= 0.3 is 6.09 Å². The van der Waals surface area contributed by atoms with E-state index in [2.05, 4.69) is 10.6 Å². The Kier molecular flexibility index (Phi) is 5.70. The minimum absolute atomic E-state index is 0.0871. The number of carboxylic acid groups (broad SMARTS) is 1. The number of anilines is 1. The summed E-state index contributed by atoms with van der Waals surface area (Å²) in [6.45, 7) is 4.75. The van der Waals surface area contributed by atoms with Crippen LogP contribution in [-0.2, 0) is 4.79 Å². The van der Waals surface area contributed by atoms with Crippen molar-refractivity contribution in [3.8, 4) is 0 Å². The largest absolute Gasteiger partial charge is 0.465 e. The molecule has 27 heavy (non-hydrogen) atoms. The molecule has 1 aliphatic heterocycles. The number of hydrogen-bond donors (Lipinski definition) is 3. The normalized spacial score (nSPS) is 16.2. The summed E-state index contributed by atoms with van der Waals surface area (Å²) in [5.41, 5.74) is 1.44. The lowest BCUT2D eigenvalue weighted by atomic mass is 10.0. The molecule has 2 heterocycles. The Bertz CT molecular complexity index is 865. The Balaban J connectivity index is 1.90. The van der Waals surface area contributed by atoms with Crippen LogP contribution in [0.5, 0.6) is 0 Å². The highest BCUT2D eigenvalue weighted by Gasteiger charge is 2.23. The maximum atomic E-state index is 11.5. The van der Waals surface area contributed by atoms with Crippen molar-refractivity contribution in [2.75, 3.05) is 18.4 Å². The maximum absolute atomic E-state index is 11.5. The number of piperidine rings is 1. The van der Waals surface area contributed by atoms with Crippen molar-refractivity contribution in [2.24, 2.45) is 0 Å². The number of amides is 2. The van der Waals surface area contributed by atoms with Crippen LogP contribution < -0.4 is 10.6 Å². The van der Waals surface area contributed by atoms with Crippen molar-refractivity contribution in [1.82, 2.24) is 15.2 Å². The Hall–Kier alpha value is -2.54. The average Bonchev–Trinajstić information content (AvgIpc) is 2.62. The molecule has 7 nitrogen and oxygen atoms in total. The van der Waals surface area contributed by atoms with E-state index in [1.165, 1.54) is 0 Å². The number of benzene rings is 1. The molecule has 1 saturated heterocycles. The standard InChI is InChI=1S/C19H23ClN4O3/c1-11(21-19(26)27)15-10-13-4-3-5-16(20)17(13)23-18(15)22-14-6-8-24(9-7-14)12(2)25/h3-5,10-11,14,21H,6-9H2,1-2H3,(H,22,23)(H,26,27). The number of aromatic nitrogens is 1. The van der Waals surface area contributed by atoms with Crippen LogP contribution >= 0.6 is 11.6 Å². The van der Waals surface area contributed by atoms with Gasteiger partial charge in [0.25, 0.3) is 0 Å². The van der Waals surface area contributed by atoms with Gasteiger partial charge in [-0.2, -0.15) is 0 Å². The summed E-state index contributed by atoms with van der Waals surface area (Å²) in [7, 11) is 0. The van der Waals surface area contributed by atoms with Crippen molar-refractivity contribution in [3.05, 3.63) is 34.9 Å². The molecule has 0 radical (unpaired) electrons. The molecule has 144 valence electrons. The first-order valence-electron chi connectivity index (χ1n) is 8.96. The second kappa shape index (κ2) is 8.00. The number of nitrogens with zero attached hydrogens (tertiary/aromatic N) is 2. The molecule has 1 fully saturated rings. The number of halogens is 1. The number of rotatable bonds is 4. The van der Waals surface area contributed by atoms with Crippen LogP contribution in [0.3, 0.4) is 0 Å². The van der Waals surface area contributed by atoms with Crippen LogP contribution in [0.1, 0.15) is 38.3 Å². The maximum Gasteiger partial charge on any atom is 0.405 e. The zero-order valence-corrected chi connectivity index (χ0v) is 16.1. The molecule has 2 aromatic rings. The van der Waals surface area contributed by atoms with Gasteiger partial charge in [0.1, 0.15) is 5.82 Å². The fourth-order valence-corrected chi connectivity index (χ4v) is 3.64. The van der Waals surface area contributed by atoms with Crippen molar-refractivity contribution in [2.45, 2.75) is 38.8 Å². The van der Waals surface area contributed by atoms with Crippen molar-refractivity contribution in [1.29, 1.82) is 0 Å². The first-order chi connectivity index (χ1) is 12.8. The highest BCUT2D eigenvalue weighted by Crippen LogP contribution is 2.30. The number of hydrogen-bond acceptors (Lipinski definition) is 4. The van der Waals surface area contributed by atoms with Crippen LogP contribution in [0.25, 0.3) is 10.9 Å². The lowest BCUT2D eigenvalue weighted by Gasteiger charge is -2.32. The molecule has 1 aromatic heterocycles. The van der Waals surface area contributed by atoms with E-state index in [9.17, 15) is 9.59 Å². The lowest BCUT2D eigenvalue weighted by molar-refractivity contribution is -0.129. The van der Waals surface area contributed by atoms with Crippen molar-refractivity contribution < 1.29 is 14.7 Å². The molecule has 3 rings (SSSR count). The second-order valence-corrected chi connectivity index (χ2v) is 7.24. The van der Waals surface area contributed by atoms with Crippen molar-refractivity contribution >= 4 is 40.3 Å². The van der Waals surface area contributed by atoms with E-state index in [4.69, 9.17) is 21.7 Å². The summed E-state index contributed by atoms with van der Waals surface area (Å²) in [6.07, 6.45) is 0.527. The zero-order valence-electron chi connectivity index (χ0n) is 15.3. The predicted molar refractivity (Wildman–Crippen MR) is 105 cm³/mol. The second-order valence-electron chi connectivity index (χ2n) is 6.83. The number of pyridine rings is 1. The number of carbonyl (C=O) groups is 2. The number of likely N-dealkylation sites (tertiary alicyclic amines) is 1. The Morgan fingerprint density at radius 3 is 2.67 bits per heavy atom. The lowest BCUT2D eigenvalue weighted by Crippen LogP contribution is -2.41. The van der Waals surface area contributed by atoms with Gasteiger partial charge in [-0.25, -0.2) is 9.78 Å². The van der Waals surface area contributed by atoms with E-state index >= 15 is 0 Å². The van der Waals surface area contributed by atoms with E-state index in [1.54, 1.807) is 19.9 Å². The highest BCUT2D eigenvalue weighted by molar-refractivity contribution is 6.35. The van der Waals surface area contributed by atoms with Gasteiger partial charge in [-0.1, -0.05) is 23.7 Å². The molecular formula is C19H23ClN4O3. The van der Waals surface area contributed by atoms with E-state index in [1.807, 2.05) is 23.1 Å². The highest BCUT2D eigenvalue weighted by atomic mass is 35.5. The number of carbonyl (C=O) groups excluding carboxylic acids is 1. The van der Waals surface area contributed by atoms with Crippen LogP contribution in [0.15, 0.2) is 24.3 Å². The number of nitrogens with one attached hydrogen (secondary N) is 2. The fourth-order valence-electron chi connectivity index (χ4n) is 3.42. The number of para-hydroxylation sites is 1. The third kappa shape index (κ3) is 4.42. The van der Waals surface area contributed by atoms with Gasteiger partial charge in [0.15, 0.2) is 0 Å². The SMILES string of the molecule is CC(=O)N1CCC(Nc2nc3c(Cl)cccc3cc2C(C)NC(=O)O)CC1. The molecule has 0 aliphatic carbocycles. The summed E-state index contributed by atoms with van der Waals surface area (Å²) < 4.78 is 0. The quantitative estimate of drug-likeness (QED) is 0.740. The van der Waals surface area contributed by atoms with Crippen LogP contribution in [-0.4, -0.2) is 46.1 Å². The van der Waals surface area contributed by atoms with E-state index in [0.29, 0.717) is 29.4 Å². The van der Waals surface area contributed by atoms with Crippen LogP contribution in [0.2, 0.25) is 5.02 Å². The molecule has 3 N–H and O–H groups in total. The fraction of sp³-hybridized carbons (Fsp3) is 0.421. The summed E-state index contributed by atoms with van der Waals surface area (Å²) >= 11 is 6.30. The summed E-state index contributed by atoms with van der Waals surface area (Å²) in [4.78, 5) is 29.1. The topological polar surface area (TPSA) is 94.6 Å². The smallest absolute Gasteiger partial charge is 0.405 e. The molecule has 8 heteroatoms. The third-order valence-electron chi connectivity index (χ3n) is 4.91. The Labute approximate surface area is 162 Å².